The number of methoxy groups -OCH3 is 1. The number of benzene rings is 2. The monoisotopic (exact) mass is 370 g/mol. The molecular weight excluding hydrogens is 352 g/mol. The van der Waals surface area contributed by atoms with Gasteiger partial charge in [0.15, 0.2) is 5.82 Å². The first-order chi connectivity index (χ1) is 12.5. The zero-order valence-corrected chi connectivity index (χ0v) is 15.4. The molecule has 0 saturated heterocycles. The Morgan fingerprint density at radius 3 is 2.38 bits per heavy atom. The van der Waals surface area contributed by atoms with Crippen LogP contribution in [0.4, 0.5) is 28.8 Å². The number of anilines is 5. The lowest BCUT2D eigenvalue weighted by molar-refractivity contribution is 0.415. The summed E-state index contributed by atoms with van der Waals surface area (Å²) < 4.78 is 5.15. The third-order valence-corrected chi connectivity index (χ3v) is 3.92. The summed E-state index contributed by atoms with van der Waals surface area (Å²) in [4.78, 5) is 6.45. The second kappa shape index (κ2) is 7.88. The van der Waals surface area contributed by atoms with Crippen molar-refractivity contribution in [2.75, 3.05) is 36.7 Å². The van der Waals surface area contributed by atoms with Crippen molar-refractivity contribution in [2.24, 2.45) is 0 Å². The molecule has 0 amide bonds. The number of nitrogens with one attached hydrogen (secondary N) is 2. The average Bonchev–Trinajstić information content (AvgIpc) is 2.63. The summed E-state index contributed by atoms with van der Waals surface area (Å²) in [5.41, 5.74) is 2.76. The van der Waals surface area contributed by atoms with Gasteiger partial charge in [-0.3, -0.25) is 0 Å². The first kappa shape index (κ1) is 17.8. The van der Waals surface area contributed by atoms with Gasteiger partial charge in [0.05, 0.1) is 18.3 Å². The van der Waals surface area contributed by atoms with E-state index in [0.29, 0.717) is 22.5 Å². The molecule has 0 bridgehead atoms. The van der Waals surface area contributed by atoms with Crippen LogP contribution in [0.15, 0.2) is 48.7 Å². The molecule has 7 nitrogen and oxygen atoms in total. The smallest absolute Gasteiger partial charge is 0.249 e. The molecule has 134 valence electrons. The largest absolute Gasteiger partial charge is 0.495 e. The highest BCUT2D eigenvalue weighted by atomic mass is 35.5. The molecule has 0 aliphatic rings. The molecule has 8 heteroatoms. The predicted molar refractivity (Wildman–Crippen MR) is 105 cm³/mol. The SMILES string of the molecule is COc1ccc(Nc2cnnc(Nc3ccc(N(C)C)cc3)n2)cc1Cl. The molecule has 26 heavy (non-hydrogen) atoms. The molecule has 0 saturated carbocycles. The summed E-state index contributed by atoms with van der Waals surface area (Å²) in [6, 6.07) is 13.3. The summed E-state index contributed by atoms with van der Waals surface area (Å²) in [7, 11) is 5.57. The molecule has 2 N–H and O–H groups in total. The highest BCUT2D eigenvalue weighted by Crippen LogP contribution is 2.28. The Hall–Kier alpha value is -3.06. The van der Waals surface area contributed by atoms with E-state index in [0.717, 1.165) is 17.1 Å². The minimum atomic E-state index is 0.396. The van der Waals surface area contributed by atoms with Gasteiger partial charge in [-0.05, 0) is 42.5 Å². The van der Waals surface area contributed by atoms with Crippen molar-refractivity contribution < 1.29 is 4.74 Å². The Labute approximate surface area is 157 Å². The summed E-state index contributed by atoms with van der Waals surface area (Å²) in [5, 5.41) is 14.8. The van der Waals surface area contributed by atoms with Crippen molar-refractivity contribution >= 4 is 40.4 Å². The van der Waals surface area contributed by atoms with Gasteiger partial charge in [0.25, 0.3) is 0 Å². The van der Waals surface area contributed by atoms with Gasteiger partial charge in [-0.2, -0.15) is 10.1 Å². The van der Waals surface area contributed by atoms with Gasteiger partial charge in [-0.15, -0.1) is 5.10 Å². The molecule has 2 aromatic carbocycles. The van der Waals surface area contributed by atoms with Gasteiger partial charge in [0.1, 0.15) is 5.75 Å². The van der Waals surface area contributed by atoms with E-state index in [4.69, 9.17) is 16.3 Å². The van der Waals surface area contributed by atoms with Gasteiger partial charge < -0.3 is 20.3 Å². The predicted octanol–water partition coefficient (Wildman–Crippen LogP) is 4.09. The van der Waals surface area contributed by atoms with E-state index in [9.17, 15) is 0 Å². The third kappa shape index (κ3) is 4.31. The minimum absolute atomic E-state index is 0.396. The van der Waals surface area contributed by atoms with Crippen LogP contribution in [-0.2, 0) is 0 Å². The van der Waals surface area contributed by atoms with E-state index in [1.54, 1.807) is 25.4 Å². The second-order valence-electron chi connectivity index (χ2n) is 5.71. The molecule has 0 fully saturated rings. The lowest BCUT2D eigenvalue weighted by Crippen LogP contribution is -2.08. The van der Waals surface area contributed by atoms with Crippen molar-refractivity contribution in [1.82, 2.24) is 15.2 Å². The normalized spacial score (nSPS) is 10.3. The highest BCUT2D eigenvalue weighted by Gasteiger charge is 2.05. The zero-order chi connectivity index (χ0) is 18.5. The van der Waals surface area contributed by atoms with Gasteiger partial charge >= 0.3 is 0 Å². The molecule has 0 atom stereocenters. The Morgan fingerprint density at radius 1 is 1.00 bits per heavy atom. The number of rotatable bonds is 6. The summed E-state index contributed by atoms with van der Waals surface area (Å²) in [5.74, 6) is 1.56. The van der Waals surface area contributed by atoms with E-state index >= 15 is 0 Å². The number of aromatic nitrogens is 3. The van der Waals surface area contributed by atoms with Gasteiger partial charge in [0, 0.05) is 31.2 Å². The molecule has 0 aliphatic carbocycles. The van der Waals surface area contributed by atoms with Crippen LogP contribution in [0.3, 0.4) is 0 Å². The number of hydrogen-bond acceptors (Lipinski definition) is 7. The number of halogens is 1. The fourth-order valence-corrected chi connectivity index (χ4v) is 2.54. The number of nitrogens with zero attached hydrogens (tertiary/aromatic N) is 4. The highest BCUT2D eigenvalue weighted by molar-refractivity contribution is 6.32. The van der Waals surface area contributed by atoms with E-state index in [1.807, 2.05) is 49.3 Å². The first-order valence-electron chi connectivity index (χ1n) is 7.90. The van der Waals surface area contributed by atoms with Gasteiger partial charge in [-0.25, -0.2) is 0 Å². The van der Waals surface area contributed by atoms with Crippen molar-refractivity contribution in [3.05, 3.63) is 53.7 Å². The van der Waals surface area contributed by atoms with Crippen LogP contribution in [-0.4, -0.2) is 36.4 Å². The van der Waals surface area contributed by atoms with Crippen LogP contribution in [0.2, 0.25) is 5.02 Å². The Kier molecular flexibility index (Phi) is 5.38. The maximum Gasteiger partial charge on any atom is 0.249 e. The van der Waals surface area contributed by atoms with Crippen molar-refractivity contribution in [3.63, 3.8) is 0 Å². The molecule has 0 radical (unpaired) electrons. The van der Waals surface area contributed by atoms with Crippen molar-refractivity contribution in [3.8, 4) is 5.75 Å². The lowest BCUT2D eigenvalue weighted by Gasteiger charge is -2.13. The molecule has 0 spiro atoms. The zero-order valence-electron chi connectivity index (χ0n) is 14.7. The Balaban J connectivity index is 1.72. The van der Waals surface area contributed by atoms with Crippen LogP contribution in [0.1, 0.15) is 0 Å². The third-order valence-electron chi connectivity index (χ3n) is 3.62. The maximum atomic E-state index is 6.14. The first-order valence-corrected chi connectivity index (χ1v) is 8.27. The summed E-state index contributed by atoms with van der Waals surface area (Å²) >= 11 is 6.14. The molecule has 0 aliphatic heterocycles. The Morgan fingerprint density at radius 2 is 1.73 bits per heavy atom. The standard InChI is InChI=1S/C18H19ClN6O/c1-25(2)14-7-4-12(5-8-14)22-18-23-17(11-20-24-18)21-13-6-9-16(26-3)15(19)10-13/h4-11H,1-3H3,(H2,21,22,23,24). The molecule has 3 aromatic rings. The van der Waals surface area contributed by atoms with Gasteiger partial charge in [0.2, 0.25) is 5.95 Å². The maximum absolute atomic E-state index is 6.14. The van der Waals surface area contributed by atoms with Crippen LogP contribution >= 0.6 is 11.6 Å². The fraction of sp³-hybridized carbons (Fsp3) is 0.167. The topological polar surface area (TPSA) is 75.2 Å². The molecule has 1 heterocycles. The quantitative estimate of drug-likeness (QED) is 0.676. The number of hydrogen-bond donors (Lipinski definition) is 2. The van der Waals surface area contributed by atoms with Gasteiger partial charge in [-0.1, -0.05) is 11.6 Å². The minimum Gasteiger partial charge on any atom is -0.495 e. The molecule has 0 unspecified atom stereocenters. The summed E-state index contributed by atoms with van der Waals surface area (Å²) in [6.45, 7) is 0. The molecular formula is C18H19ClN6O. The van der Waals surface area contributed by atoms with E-state index in [2.05, 4.69) is 25.8 Å². The molecule has 1 aromatic heterocycles. The second-order valence-corrected chi connectivity index (χ2v) is 6.11. The number of ether oxygens (including phenoxy) is 1. The lowest BCUT2D eigenvalue weighted by atomic mass is 10.2. The van der Waals surface area contributed by atoms with E-state index in [-0.39, 0.29) is 0 Å². The van der Waals surface area contributed by atoms with Crippen molar-refractivity contribution in [1.29, 1.82) is 0 Å². The van der Waals surface area contributed by atoms with Crippen LogP contribution < -0.4 is 20.3 Å². The van der Waals surface area contributed by atoms with E-state index < -0.39 is 0 Å². The molecule has 3 rings (SSSR count). The van der Waals surface area contributed by atoms with Crippen LogP contribution in [0, 0.1) is 0 Å². The van der Waals surface area contributed by atoms with E-state index in [1.165, 1.54) is 0 Å². The Bertz CT molecular complexity index is 885. The fourth-order valence-electron chi connectivity index (χ4n) is 2.28. The average molecular weight is 371 g/mol. The van der Waals surface area contributed by atoms with Crippen molar-refractivity contribution in [2.45, 2.75) is 0 Å². The van der Waals surface area contributed by atoms with Crippen LogP contribution in [0.5, 0.6) is 5.75 Å². The van der Waals surface area contributed by atoms with Crippen LogP contribution in [0.25, 0.3) is 0 Å². The summed E-state index contributed by atoms with van der Waals surface area (Å²) in [6.07, 6.45) is 1.54.